The zero-order valence-corrected chi connectivity index (χ0v) is 6.57. The third kappa shape index (κ3) is 1.94. The summed E-state index contributed by atoms with van der Waals surface area (Å²) in [6.07, 6.45) is -0.337. The molecule has 0 amide bonds. The highest BCUT2D eigenvalue weighted by Gasteiger charge is 2.32. The van der Waals surface area contributed by atoms with Gasteiger partial charge in [0.2, 0.25) is 0 Å². The molecule has 1 aromatic heterocycles. The Hall–Kier alpha value is -0.550. The predicted molar refractivity (Wildman–Crippen MR) is 39.7 cm³/mol. The molecule has 2 nitrogen and oxygen atoms in total. The first kappa shape index (κ1) is 8.55. The van der Waals surface area contributed by atoms with Gasteiger partial charge in [-0.15, -0.1) is 11.3 Å². The molecule has 0 spiro atoms. The van der Waals surface area contributed by atoms with Gasteiger partial charge in [-0.05, 0) is 6.54 Å². The first-order valence-electron chi connectivity index (χ1n) is 3.13. The number of nitrogens with zero attached hydrogens (tertiary/aromatic N) is 1. The van der Waals surface area contributed by atoms with E-state index in [-0.39, 0.29) is 18.7 Å². The van der Waals surface area contributed by atoms with Crippen molar-refractivity contribution < 1.29 is 8.78 Å². The molecule has 0 aliphatic rings. The monoisotopic (exact) mass is 178 g/mol. The summed E-state index contributed by atoms with van der Waals surface area (Å²) in [6, 6.07) is 0. The summed E-state index contributed by atoms with van der Waals surface area (Å²) >= 11 is 1.16. The Bertz CT molecular complexity index is 210. The molecule has 0 saturated heterocycles. The van der Waals surface area contributed by atoms with E-state index in [2.05, 4.69) is 4.98 Å². The average Bonchev–Trinajstić information content (AvgIpc) is 2.37. The minimum Gasteiger partial charge on any atom is -0.330 e. The number of hydrogen-bond donors (Lipinski definition) is 1. The Kier molecular flexibility index (Phi) is 2.51. The van der Waals surface area contributed by atoms with Gasteiger partial charge in [-0.1, -0.05) is 0 Å². The molecule has 0 bridgehead atoms. The summed E-state index contributed by atoms with van der Waals surface area (Å²) in [7, 11) is 0. The van der Waals surface area contributed by atoms with Gasteiger partial charge in [0.05, 0.1) is 5.51 Å². The molecule has 5 heteroatoms. The second-order valence-electron chi connectivity index (χ2n) is 2.12. The van der Waals surface area contributed by atoms with Crippen LogP contribution in [0.4, 0.5) is 8.78 Å². The summed E-state index contributed by atoms with van der Waals surface area (Å²) in [5, 5.41) is 1.34. The number of hydrogen-bond acceptors (Lipinski definition) is 3. The fraction of sp³-hybridized carbons (Fsp3) is 0.500. The Morgan fingerprint density at radius 1 is 1.64 bits per heavy atom. The SMILES string of the molecule is NCCC(F)(F)c1cscn1. The van der Waals surface area contributed by atoms with Gasteiger partial charge < -0.3 is 5.73 Å². The maximum absolute atomic E-state index is 12.9. The van der Waals surface area contributed by atoms with E-state index in [9.17, 15) is 8.78 Å². The van der Waals surface area contributed by atoms with Crippen LogP contribution >= 0.6 is 11.3 Å². The Labute approximate surface area is 67.1 Å². The molecule has 0 fully saturated rings. The minimum absolute atomic E-state index is 0.0233. The maximum atomic E-state index is 12.9. The number of halogens is 2. The zero-order valence-electron chi connectivity index (χ0n) is 5.76. The Morgan fingerprint density at radius 2 is 2.36 bits per heavy atom. The van der Waals surface area contributed by atoms with E-state index >= 15 is 0 Å². The highest BCUT2D eigenvalue weighted by molar-refractivity contribution is 7.07. The fourth-order valence-corrected chi connectivity index (χ4v) is 1.30. The molecule has 0 unspecified atom stereocenters. The van der Waals surface area contributed by atoms with Crippen molar-refractivity contribution in [2.24, 2.45) is 5.73 Å². The van der Waals surface area contributed by atoms with Gasteiger partial charge in [-0.25, -0.2) is 4.98 Å². The normalized spacial score (nSPS) is 11.9. The molecule has 0 aromatic carbocycles. The molecule has 0 saturated carbocycles. The van der Waals surface area contributed by atoms with Crippen LogP contribution in [-0.4, -0.2) is 11.5 Å². The molecule has 0 radical (unpaired) electrons. The van der Waals surface area contributed by atoms with E-state index in [1.54, 1.807) is 0 Å². The lowest BCUT2D eigenvalue weighted by Gasteiger charge is -2.11. The van der Waals surface area contributed by atoms with Crippen molar-refractivity contribution in [1.82, 2.24) is 4.98 Å². The quantitative estimate of drug-likeness (QED) is 0.763. The molecule has 0 atom stereocenters. The van der Waals surface area contributed by atoms with Crippen molar-refractivity contribution in [3.63, 3.8) is 0 Å². The van der Waals surface area contributed by atoms with Crippen LogP contribution in [0, 0.1) is 0 Å². The van der Waals surface area contributed by atoms with E-state index in [0.717, 1.165) is 11.3 Å². The smallest absolute Gasteiger partial charge is 0.291 e. The van der Waals surface area contributed by atoms with Crippen molar-refractivity contribution in [3.8, 4) is 0 Å². The maximum Gasteiger partial charge on any atom is 0.291 e. The van der Waals surface area contributed by atoms with Gasteiger partial charge in [0, 0.05) is 11.8 Å². The van der Waals surface area contributed by atoms with Gasteiger partial charge in [0.25, 0.3) is 5.92 Å². The van der Waals surface area contributed by atoms with Crippen molar-refractivity contribution in [2.45, 2.75) is 12.3 Å². The Balaban J connectivity index is 2.73. The molecule has 0 aliphatic carbocycles. The van der Waals surface area contributed by atoms with Crippen LogP contribution in [0.15, 0.2) is 10.9 Å². The summed E-state index contributed by atoms with van der Waals surface area (Å²) < 4.78 is 25.7. The highest BCUT2D eigenvalue weighted by Crippen LogP contribution is 2.30. The molecule has 1 aromatic rings. The van der Waals surface area contributed by atoms with Gasteiger partial charge >= 0.3 is 0 Å². The zero-order chi connectivity index (χ0) is 8.32. The van der Waals surface area contributed by atoms with Crippen molar-refractivity contribution in [3.05, 3.63) is 16.6 Å². The van der Waals surface area contributed by atoms with Crippen LogP contribution in [-0.2, 0) is 5.92 Å². The highest BCUT2D eigenvalue weighted by atomic mass is 32.1. The summed E-state index contributed by atoms with van der Waals surface area (Å²) in [4.78, 5) is 3.52. The first-order valence-corrected chi connectivity index (χ1v) is 4.07. The van der Waals surface area contributed by atoms with E-state index < -0.39 is 5.92 Å². The van der Waals surface area contributed by atoms with Crippen LogP contribution in [0.2, 0.25) is 0 Å². The first-order chi connectivity index (χ1) is 5.17. The third-order valence-corrected chi connectivity index (χ3v) is 1.85. The molecule has 0 aliphatic heterocycles. The lowest BCUT2D eigenvalue weighted by atomic mass is 10.2. The van der Waals surface area contributed by atoms with Crippen LogP contribution in [0.1, 0.15) is 12.1 Å². The lowest BCUT2D eigenvalue weighted by Crippen LogP contribution is -2.18. The topological polar surface area (TPSA) is 38.9 Å². The largest absolute Gasteiger partial charge is 0.330 e. The average molecular weight is 178 g/mol. The van der Waals surface area contributed by atoms with Gasteiger partial charge in [0.1, 0.15) is 5.69 Å². The third-order valence-electron chi connectivity index (χ3n) is 1.27. The molecular weight excluding hydrogens is 170 g/mol. The number of nitrogens with two attached hydrogens (primary N) is 1. The Morgan fingerprint density at radius 3 is 2.82 bits per heavy atom. The van der Waals surface area contributed by atoms with Crippen LogP contribution in [0.3, 0.4) is 0 Å². The second kappa shape index (κ2) is 3.23. The molecule has 62 valence electrons. The van der Waals surface area contributed by atoms with Crippen molar-refractivity contribution in [2.75, 3.05) is 6.54 Å². The lowest BCUT2D eigenvalue weighted by molar-refractivity contribution is -0.0145. The molecule has 2 N–H and O–H groups in total. The van der Waals surface area contributed by atoms with Crippen LogP contribution in [0.25, 0.3) is 0 Å². The fourth-order valence-electron chi connectivity index (χ4n) is 0.703. The van der Waals surface area contributed by atoms with E-state index in [4.69, 9.17) is 5.73 Å². The van der Waals surface area contributed by atoms with E-state index in [0.29, 0.717) is 0 Å². The van der Waals surface area contributed by atoms with Crippen LogP contribution < -0.4 is 5.73 Å². The number of alkyl halides is 2. The van der Waals surface area contributed by atoms with Gasteiger partial charge in [-0.2, -0.15) is 8.78 Å². The van der Waals surface area contributed by atoms with Crippen LogP contribution in [0.5, 0.6) is 0 Å². The number of rotatable bonds is 3. The summed E-state index contributed by atoms with van der Waals surface area (Å²) in [5.41, 5.74) is 6.23. The van der Waals surface area contributed by atoms with Crippen molar-refractivity contribution >= 4 is 11.3 Å². The minimum atomic E-state index is -2.85. The molecule has 11 heavy (non-hydrogen) atoms. The molecular formula is C6H8F2N2S. The van der Waals surface area contributed by atoms with Gasteiger partial charge in [-0.3, -0.25) is 0 Å². The summed E-state index contributed by atoms with van der Waals surface area (Å²) in [6.45, 7) is -0.0233. The van der Waals surface area contributed by atoms with Gasteiger partial charge in [0.15, 0.2) is 0 Å². The molecule has 1 rings (SSSR count). The van der Waals surface area contributed by atoms with Crippen molar-refractivity contribution in [1.29, 1.82) is 0 Å². The number of aromatic nitrogens is 1. The number of thiazole rings is 1. The van der Waals surface area contributed by atoms with E-state index in [1.165, 1.54) is 10.9 Å². The second-order valence-corrected chi connectivity index (χ2v) is 2.84. The summed E-state index contributed by atoms with van der Waals surface area (Å²) in [5.74, 6) is -2.85. The standard InChI is InChI=1S/C6H8F2N2S/c7-6(8,1-2-9)5-3-11-4-10-5/h3-4H,1-2,9H2. The molecule has 1 heterocycles. The predicted octanol–water partition coefficient (Wildman–Crippen LogP) is 1.58. The van der Waals surface area contributed by atoms with E-state index in [1.807, 2.05) is 0 Å².